The lowest BCUT2D eigenvalue weighted by Crippen LogP contribution is -2.12. The van der Waals surface area contributed by atoms with Crippen molar-refractivity contribution >= 4 is 61.1 Å². The molecule has 0 radical (unpaired) electrons. The summed E-state index contributed by atoms with van der Waals surface area (Å²) in [6, 6.07) is 1.10. The van der Waals surface area contributed by atoms with E-state index in [1.165, 1.54) is 11.8 Å². The van der Waals surface area contributed by atoms with Crippen molar-refractivity contribution in [2.75, 3.05) is 6.26 Å². The van der Waals surface area contributed by atoms with E-state index >= 15 is 0 Å². The number of thioether (sulfide) groups is 1. The summed E-state index contributed by atoms with van der Waals surface area (Å²) in [6.45, 7) is 0. The zero-order chi connectivity index (χ0) is 13.0. The van der Waals surface area contributed by atoms with Gasteiger partial charge in [0, 0.05) is 6.07 Å². The number of hydrogen-bond donors (Lipinski definition) is 1. The Balaban J connectivity index is 3.29. The van der Waals surface area contributed by atoms with Crippen LogP contribution in [-0.4, -0.2) is 11.4 Å². The zero-order valence-corrected chi connectivity index (χ0v) is 13.0. The lowest BCUT2D eigenvalue weighted by molar-refractivity contribution is 0.568. The van der Waals surface area contributed by atoms with Gasteiger partial charge >= 0.3 is 0 Å². The van der Waals surface area contributed by atoms with Crippen molar-refractivity contribution < 1.29 is 8.78 Å². The molecule has 0 heterocycles. The molecule has 0 aromatic heterocycles. The Morgan fingerprint density at radius 1 is 1.65 bits per heavy atom. The number of nitrogens with one attached hydrogen (secondary N) is 1. The standard InChI is InChI=1S/C9H5BrF2IN3S/c1-17-9(15-3-14)16-5-2-4(11)6(10)7(12)8(5)13/h2H,1H3,(H,15,16). The van der Waals surface area contributed by atoms with Crippen molar-refractivity contribution in [1.29, 1.82) is 5.26 Å². The first-order valence-corrected chi connectivity index (χ1v) is 7.21. The topological polar surface area (TPSA) is 48.2 Å². The fourth-order valence-corrected chi connectivity index (χ4v) is 2.49. The molecule has 0 aliphatic carbocycles. The third kappa shape index (κ3) is 3.53. The number of nitriles is 1. The van der Waals surface area contributed by atoms with Crippen molar-refractivity contribution in [3.8, 4) is 6.19 Å². The van der Waals surface area contributed by atoms with Crippen molar-refractivity contribution in [2.24, 2.45) is 4.99 Å². The van der Waals surface area contributed by atoms with E-state index < -0.39 is 11.6 Å². The normalized spacial score (nSPS) is 11.2. The van der Waals surface area contributed by atoms with Crippen LogP contribution in [0.15, 0.2) is 15.5 Å². The Hall–Kier alpha value is -0.400. The maximum atomic E-state index is 13.5. The summed E-state index contributed by atoms with van der Waals surface area (Å²) < 4.78 is 26.8. The maximum absolute atomic E-state index is 13.5. The van der Waals surface area contributed by atoms with Gasteiger partial charge in [-0.2, -0.15) is 5.26 Å². The van der Waals surface area contributed by atoms with Crippen molar-refractivity contribution in [3.63, 3.8) is 0 Å². The minimum atomic E-state index is -0.737. The Kier molecular flexibility index (Phi) is 5.61. The predicted octanol–water partition coefficient (Wildman–Crippen LogP) is 3.75. The van der Waals surface area contributed by atoms with Crippen LogP contribution in [0.4, 0.5) is 14.5 Å². The van der Waals surface area contributed by atoms with Gasteiger partial charge in [0.25, 0.3) is 0 Å². The largest absolute Gasteiger partial charge is 0.271 e. The second kappa shape index (κ2) is 6.51. The van der Waals surface area contributed by atoms with E-state index in [9.17, 15) is 8.78 Å². The van der Waals surface area contributed by atoms with Crippen LogP contribution in [0.1, 0.15) is 0 Å². The number of benzene rings is 1. The minimum absolute atomic E-state index is 0.135. The van der Waals surface area contributed by atoms with Crippen LogP contribution < -0.4 is 5.32 Å². The van der Waals surface area contributed by atoms with Gasteiger partial charge in [0.05, 0.1) is 13.7 Å². The molecule has 17 heavy (non-hydrogen) atoms. The highest BCUT2D eigenvalue weighted by molar-refractivity contribution is 14.1. The summed E-state index contributed by atoms with van der Waals surface area (Å²) in [6.07, 6.45) is 3.39. The number of nitrogens with zero attached hydrogens (tertiary/aromatic N) is 2. The van der Waals surface area contributed by atoms with Gasteiger partial charge in [0.15, 0.2) is 17.2 Å². The van der Waals surface area contributed by atoms with E-state index in [2.05, 4.69) is 26.2 Å². The number of rotatable bonds is 1. The average molecular weight is 432 g/mol. The second-order valence-electron chi connectivity index (χ2n) is 2.68. The van der Waals surface area contributed by atoms with Crippen LogP contribution in [0.2, 0.25) is 0 Å². The van der Waals surface area contributed by atoms with Gasteiger partial charge in [-0.3, -0.25) is 5.32 Å². The third-order valence-corrected chi connectivity index (χ3v) is 3.99. The van der Waals surface area contributed by atoms with E-state index in [1.54, 1.807) is 35.0 Å². The quantitative estimate of drug-likeness (QED) is 0.140. The van der Waals surface area contributed by atoms with Gasteiger partial charge in [0.1, 0.15) is 5.82 Å². The highest BCUT2D eigenvalue weighted by Crippen LogP contribution is 2.32. The fourth-order valence-electron chi connectivity index (χ4n) is 0.924. The third-order valence-electron chi connectivity index (χ3n) is 1.66. The zero-order valence-electron chi connectivity index (χ0n) is 8.39. The van der Waals surface area contributed by atoms with Gasteiger partial charge in [-0.15, -0.1) is 0 Å². The van der Waals surface area contributed by atoms with Gasteiger partial charge in [-0.05, 0) is 44.8 Å². The molecule has 0 spiro atoms. The monoisotopic (exact) mass is 431 g/mol. The molecule has 1 aromatic carbocycles. The van der Waals surface area contributed by atoms with Crippen LogP contribution in [0.25, 0.3) is 0 Å². The molecule has 90 valence electrons. The molecule has 3 nitrogen and oxygen atoms in total. The lowest BCUT2D eigenvalue weighted by Gasteiger charge is -2.05. The summed E-state index contributed by atoms with van der Waals surface area (Å²) in [5.74, 6) is -1.44. The smallest absolute Gasteiger partial charge is 0.183 e. The molecule has 0 atom stereocenters. The molecule has 0 bridgehead atoms. The Labute approximate surface area is 123 Å². The first-order chi connectivity index (χ1) is 8.01. The molecule has 0 saturated carbocycles. The predicted molar refractivity (Wildman–Crippen MR) is 76.1 cm³/mol. The second-order valence-corrected chi connectivity index (χ2v) is 5.34. The minimum Gasteiger partial charge on any atom is -0.271 e. The highest BCUT2D eigenvalue weighted by Gasteiger charge is 2.15. The van der Waals surface area contributed by atoms with Crippen LogP contribution in [0.5, 0.6) is 0 Å². The van der Waals surface area contributed by atoms with E-state index in [4.69, 9.17) is 5.26 Å². The first kappa shape index (κ1) is 14.7. The highest BCUT2D eigenvalue weighted by atomic mass is 127. The summed E-state index contributed by atoms with van der Waals surface area (Å²) in [5.41, 5.74) is 0.135. The van der Waals surface area contributed by atoms with Crippen molar-refractivity contribution in [1.82, 2.24) is 5.32 Å². The maximum Gasteiger partial charge on any atom is 0.183 e. The summed E-state index contributed by atoms with van der Waals surface area (Å²) in [7, 11) is 0. The average Bonchev–Trinajstić information content (AvgIpc) is 2.32. The summed E-state index contributed by atoms with van der Waals surface area (Å²) in [4.78, 5) is 3.97. The lowest BCUT2D eigenvalue weighted by atomic mass is 10.3. The van der Waals surface area contributed by atoms with Gasteiger partial charge in [0.2, 0.25) is 0 Å². The Morgan fingerprint density at radius 3 is 2.82 bits per heavy atom. The van der Waals surface area contributed by atoms with Gasteiger partial charge in [-0.25, -0.2) is 13.8 Å². The number of aliphatic imine (C=N–C) groups is 1. The molecule has 1 N–H and O–H groups in total. The molecule has 0 amide bonds. The fraction of sp³-hybridized carbons (Fsp3) is 0.111. The SMILES string of the molecule is CSC(=Nc1cc(F)c(Br)c(F)c1I)NC#N. The van der Waals surface area contributed by atoms with Crippen LogP contribution >= 0.6 is 50.3 Å². The molecule has 1 aromatic rings. The number of halogens is 4. The Morgan fingerprint density at radius 2 is 2.29 bits per heavy atom. The molecular weight excluding hydrogens is 427 g/mol. The van der Waals surface area contributed by atoms with E-state index in [0.29, 0.717) is 0 Å². The van der Waals surface area contributed by atoms with Crippen molar-refractivity contribution in [3.05, 3.63) is 25.7 Å². The van der Waals surface area contributed by atoms with Crippen LogP contribution in [-0.2, 0) is 0 Å². The van der Waals surface area contributed by atoms with Crippen LogP contribution in [0.3, 0.4) is 0 Å². The van der Waals surface area contributed by atoms with Gasteiger partial charge < -0.3 is 0 Å². The molecule has 0 fully saturated rings. The van der Waals surface area contributed by atoms with Crippen molar-refractivity contribution in [2.45, 2.75) is 0 Å². The van der Waals surface area contributed by atoms with Crippen LogP contribution in [0, 0.1) is 26.7 Å². The molecule has 1 rings (SSSR count). The molecule has 0 saturated heterocycles. The number of amidine groups is 1. The van der Waals surface area contributed by atoms with E-state index in [0.717, 1.165) is 6.07 Å². The first-order valence-electron chi connectivity index (χ1n) is 4.12. The molecule has 8 heteroatoms. The summed E-state index contributed by atoms with van der Waals surface area (Å²) >= 11 is 5.70. The molecule has 0 aliphatic heterocycles. The summed E-state index contributed by atoms with van der Waals surface area (Å²) in [5, 5.41) is 11.0. The van der Waals surface area contributed by atoms with E-state index in [-0.39, 0.29) is 18.9 Å². The molecule has 0 aliphatic rings. The number of hydrogen-bond acceptors (Lipinski definition) is 3. The molecular formula is C9H5BrF2IN3S. The van der Waals surface area contributed by atoms with Gasteiger partial charge in [-0.1, -0.05) is 11.8 Å². The Bertz CT molecular complexity index is 516. The molecule has 0 unspecified atom stereocenters. The van der Waals surface area contributed by atoms with E-state index in [1.807, 2.05) is 0 Å².